The largest absolute Gasteiger partial charge is 0.481 e. The van der Waals surface area contributed by atoms with Gasteiger partial charge in [0.25, 0.3) is 11.5 Å². The topological polar surface area (TPSA) is 111 Å². The van der Waals surface area contributed by atoms with Crippen LogP contribution < -0.4 is 10.9 Å². The average Bonchev–Trinajstić information content (AvgIpc) is 2.63. The standard InChI is InChI=1S/C20H25N3O5/c1-13(2)12-23-19(27)15-6-4-3-5-14(15)17(22-23)18(26)21-20(11-16(24)25)7-9-28-10-8-20/h3-6,13H,7-12H2,1-2H3,(H,21,26)(H,24,25). The molecule has 2 N–H and O–H groups in total. The minimum absolute atomic E-state index is 0.132. The Morgan fingerprint density at radius 1 is 1.25 bits per heavy atom. The van der Waals surface area contributed by atoms with Crippen LogP contribution in [-0.2, 0) is 16.1 Å². The summed E-state index contributed by atoms with van der Waals surface area (Å²) < 4.78 is 6.65. The Kier molecular flexibility index (Phi) is 5.79. The fraction of sp³-hybridized carbons (Fsp3) is 0.500. The van der Waals surface area contributed by atoms with E-state index < -0.39 is 17.4 Å². The number of amides is 1. The van der Waals surface area contributed by atoms with Crippen molar-refractivity contribution < 1.29 is 19.4 Å². The molecule has 8 nitrogen and oxygen atoms in total. The Hall–Kier alpha value is -2.74. The smallest absolute Gasteiger partial charge is 0.305 e. The summed E-state index contributed by atoms with van der Waals surface area (Å²) in [5.41, 5.74) is -0.998. The van der Waals surface area contributed by atoms with Crippen LogP contribution in [0.2, 0.25) is 0 Å². The Bertz CT molecular complexity index is 944. The summed E-state index contributed by atoms with van der Waals surface area (Å²) in [5, 5.41) is 17.4. The molecule has 0 bridgehead atoms. The van der Waals surface area contributed by atoms with Crippen LogP contribution in [0.3, 0.4) is 0 Å². The SMILES string of the molecule is CC(C)Cn1nc(C(=O)NC2(CC(=O)O)CCOCC2)c2ccccc2c1=O. The molecule has 150 valence electrons. The number of rotatable bonds is 6. The highest BCUT2D eigenvalue weighted by molar-refractivity contribution is 6.05. The number of hydrogen-bond donors (Lipinski definition) is 2. The minimum Gasteiger partial charge on any atom is -0.481 e. The predicted octanol–water partition coefficient (Wildman–Crippen LogP) is 1.81. The van der Waals surface area contributed by atoms with E-state index in [9.17, 15) is 19.5 Å². The first-order valence-electron chi connectivity index (χ1n) is 9.43. The summed E-state index contributed by atoms with van der Waals surface area (Å²) in [7, 11) is 0. The van der Waals surface area contributed by atoms with Crippen LogP contribution >= 0.6 is 0 Å². The first kappa shape index (κ1) is 20.0. The van der Waals surface area contributed by atoms with Gasteiger partial charge in [0.1, 0.15) is 0 Å². The predicted molar refractivity (Wildman–Crippen MR) is 103 cm³/mol. The van der Waals surface area contributed by atoms with Crippen molar-refractivity contribution >= 4 is 22.6 Å². The molecule has 1 aromatic heterocycles. The van der Waals surface area contributed by atoms with Gasteiger partial charge in [-0.3, -0.25) is 14.4 Å². The average molecular weight is 387 g/mol. The fourth-order valence-electron chi connectivity index (χ4n) is 3.57. The molecule has 1 aliphatic heterocycles. The second-order valence-corrected chi connectivity index (χ2v) is 7.69. The molecular weight excluding hydrogens is 362 g/mol. The normalized spacial score (nSPS) is 16.2. The molecule has 1 saturated heterocycles. The molecular formula is C20H25N3O5. The van der Waals surface area contributed by atoms with Crippen molar-refractivity contribution in [1.82, 2.24) is 15.1 Å². The van der Waals surface area contributed by atoms with Gasteiger partial charge in [0.2, 0.25) is 0 Å². The van der Waals surface area contributed by atoms with Crippen LogP contribution in [0.1, 0.15) is 43.6 Å². The first-order chi connectivity index (χ1) is 13.3. The van der Waals surface area contributed by atoms with Crippen molar-refractivity contribution in [2.24, 2.45) is 5.92 Å². The third-order valence-corrected chi connectivity index (χ3v) is 4.94. The molecule has 2 aromatic rings. The summed E-state index contributed by atoms with van der Waals surface area (Å²) in [6.07, 6.45) is 0.634. The number of carboxylic acid groups (broad SMARTS) is 1. The van der Waals surface area contributed by atoms with Gasteiger partial charge in [0.05, 0.1) is 17.3 Å². The number of aromatic nitrogens is 2. The second kappa shape index (κ2) is 8.10. The van der Waals surface area contributed by atoms with E-state index in [1.165, 1.54) is 4.68 Å². The minimum atomic E-state index is -0.982. The van der Waals surface area contributed by atoms with Gasteiger partial charge < -0.3 is 15.2 Å². The van der Waals surface area contributed by atoms with Gasteiger partial charge in [-0.15, -0.1) is 0 Å². The Morgan fingerprint density at radius 3 is 2.50 bits per heavy atom. The number of fused-ring (bicyclic) bond motifs is 1. The zero-order chi connectivity index (χ0) is 20.3. The van der Waals surface area contributed by atoms with Crippen molar-refractivity contribution in [2.45, 2.75) is 45.2 Å². The lowest BCUT2D eigenvalue weighted by Gasteiger charge is -2.36. The lowest BCUT2D eigenvalue weighted by molar-refractivity contribution is -0.139. The molecule has 0 atom stereocenters. The van der Waals surface area contributed by atoms with Gasteiger partial charge in [-0.2, -0.15) is 5.10 Å². The number of benzene rings is 1. The summed E-state index contributed by atoms with van der Waals surface area (Å²) in [4.78, 5) is 37.2. The highest BCUT2D eigenvalue weighted by atomic mass is 16.5. The lowest BCUT2D eigenvalue weighted by Crippen LogP contribution is -2.53. The molecule has 2 heterocycles. The Morgan fingerprint density at radius 2 is 1.89 bits per heavy atom. The van der Waals surface area contributed by atoms with E-state index in [-0.39, 0.29) is 23.6 Å². The van der Waals surface area contributed by atoms with E-state index in [1.807, 2.05) is 13.8 Å². The lowest BCUT2D eigenvalue weighted by atomic mass is 9.86. The van der Waals surface area contributed by atoms with Crippen molar-refractivity contribution in [2.75, 3.05) is 13.2 Å². The fourth-order valence-corrected chi connectivity index (χ4v) is 3.57. The van der Waals surface area contributed by atoms with E-state index in [0.29, 0.717) is 43.4 Å². The van der Waals surface area contributed by atoms with Crippen molar-refractivity contribution in [1.29, 1.82) is 0 Å². The maximum Gasteiger partial charge on any atom is 0.305 e. The summed E-state index contributed by atoms with van der Waals surface area (Å²) in [6.45, 7) is 5.08. The Labute approximate surface area is 162 Å². The summed E-state index contributed by atoms with van der Waals surface area (Å²) in [5.74, 6) is -1.28. The molecule has 0 spiro atoms. The molecule has 28 heavy (non-hydrogen) atoms. The number of aliphatic carboxylic acids is 1. The van der Waals surface area contributed by atoms with Crippen molar-refractivity contribution in [3.63, 3.8) is 0 Å². The quantitative estimate of drug-likeness (QED) is 0.782. The van der Waals surface area contributed by atoms with Gasteiger partial charge >= 0.3 is 5.97 Å². The molecule has 3 rings (SSSR count). The number of hydrogen-bond acceptors (Lipinski definition) is 5. The molecule has 1 aromatic carbocycles. The monoisotopic (exact) mass is 387 g/mol. The van der Waals surface area contributed by atoms with Crippen LogP contribution in [0.4, 0.5) is 0 Å². The van der Waals surface area contributed by atoms with E-state index in [0.717, 1.165) is 0 Å². The van der Waals surface area contributed by atoms with Crippen LogP contribution in [0.15, 0.2) is 29.1 Å². The van der Waals surface area contributed by atoms with E-state index in [1.54, 1.807) is 24.3 Å². The molecule has 0 saturated carbocycles. The van der Waals surface area contributed by atoms with Gasteiger partial charge in [-0.05, 0) is 24.8 Å². The number of carbonyl (C=O) groups is 2. The maximum atomic E-state index is 13.1. The number of nitrogens with one attached hydrogen (secondary N) is 1. The molecule has 1 amide bonds. The molecule has 1 aliphatic rings. The summed E-state index contributed by atoms with van der Waals surface area (Å²) in [6, 6.07) is 6.85. The highest BCUT2D eigenvalue weighted by Crippen LogP contribution is 2.26. The number of ether oxygens (including phenoxy) is 1. The molecule has 0 unspecified atom stereocenters. The second-order valence-electron chi connectivity index (χ2n) is 7.69. The number of nitrogens with zero attached hydrogens (tertiary/aromatic N) is 2. The van der Waals surface area contributed by atoms with Crippen molar-refractivity contribution in [3.8, 4) is 0 Å². The van der Waals surface area contributed by atoms with Crippen LogP contribution in [0, 0.1) is 5.92 Å². The molecule has 0 aliphatic carbocycles. The molecule has 1 fully saturated rings. The highest BCUT2D eigenvalue weighted by Gasteiger charge is 2.37. The first-order valence-corrected chi connectivity index (χ1v) is 9.43. The van der Waals surface area contributed by atoms with Crippen LogP contribution in [0.25, 0.3) is 10.8 Å². The molecule has 0 radical (unpaired) electrons. The molecule has 8 heteroatoms. The third-order valence-electron chi connectivity index (χ3n) is 4.94. The van der Waals surface area contributed by atoms with Gasteiger partial charge in [-0.1, -0.05) is 32.0 Å². The van der Waals surface area contributed by atoms with Gasteiger partial charge in [0, 0.05) is 25.1 Å². The zero-order valence-electron chi connectivity index (χ0n) is 16.1. The third kappa shape index (κ3) is 4.22. The van der Waals surface area contributed by atoms with Crippen LogP contribution in [0.5, 0.6) is 0 Å². The maximum absolute atomic E-state index is 13.1. The number of carboxylic acids is 1. The van der Waals surface area contributed by atoms with E-state index >= 15 is 0 Å². The van der Waals surface area contributed by atoms with E-state index in [4.69, 9.17) is 4.74 Å². The number of carbonyl (C=O) groups excluding carboxylic acids is 1. The van der Waals surface area contributed by atoms with E-state index in [2.05, 4.69) is 10.4 Å². The zero-order valence-corrected chi connectivity index (χ0v) is 16.1. The Balaban J connectivity index is 2.03. The summed E-state index contributed by atoms with van der Waals surface area (Å²) >= 11 is 0. The van der Waals surface area contributed by atoms with Gasteiger partial charge in [-0.25, -0.2) is 4.68 Å². The van der Waals surface area contributed by atoms with Crippen molar-refractivity contribution in [3.05, 3.63) is 40.3 Å². The van der Waals surface area contributed by atoms with Gasteiger partial charge in [0.15, 0.2) is 5.69 Å². The van der Waals surface area contributed by atoms with Crippen LogP contribution in [-0.4, -0.2) is 45.5 Å².